The fraction of sp³-hybridized carbons (Fsp3) is 0.500. The fourth-order valence-electron chi connectivity index (χ4n) is 2.63. The van der Waals surface area contributed by atoms with Gasteiger partial charge in [-0.3, -0.25) is 4.90 Å². The molecule has 1 fully saturated rings. The van der Waals surface area contributed by atoms with Gasteiger partial charge in [-0.25, -0.2) is 9.07 Å². The molecule has 0 spiro atoms. The topological polar surface area (TPSA) is 34.0 Å². The van der Waals surface area contributed by atoms with E-state index in [1.165, 1.54) is 6.07 Å². The number of aromatic nitrogens is 3. The summed E-state index contributed by atoms with van der Waals surface area (Å²) in [6.45, 7) is 7.97. The quantitative estimate of drug-likeness (QED) is 0.870. The molecule has 112 valence electrons. The molecule has 3 rings (SSSR count). The summed E-state index contributed by atoms with van der Waals surface area (Å²) in [5.74, 6) is -0.120. The van der Waals surface area contributed by atoms with Crippen molar-refractivity contribution in [1.29, 1.82) is 0 Å². The summed E-state index contributed by atoms with van der Waals surface area (Å²) >= 11 is 0. The highest BCUT2D eigenvalue weighted by atomic mass is 19.1. The number of rotatable bonds is 3. The van der Waals surface area contributed by atoms with Gasteiger partial charge < -0.3 is 0 Å². The number of hydrogen-bond donors (Lipinski definition) is 0. The third kappa shape index (κ3) is 2.83. The molecule has 0 amide bonds. The molecule has 2 aromatic rings. The molecule has 0 radical (unpaired) electrons. The second-order valence-electron chi connectivity index (χ2n) is 6.62. The van der Waals surface area contributed by atoms with Crippen LogP contribution in [0.1, 0.15) is 44.5 Å². The smallest absolute Gasteiger partial charge is 0.127 e. The first kappa shape index (κ1) is 14.2. The monoisotopic (exact) mass is 288 g/mol. The van der Waals surface area contributed by atoms with Crippen LogP contribution in [0.15, 0.2) is 30.5 Å². The molecule has 1 aromatic heterocycles. The molecule has 2 heterocycles. The van der Waals surface area contributed by atoms with Gasteiger partial charge in [0.15, 0.2) is 0 Å². The Morgan fingerprint density at radius 3 is 2.62 bits per heavy atom. The number of halogens is 1. The normalized spacial score (nSPS) is 19.5. The van der Waals surface area contributed by atoms with Gasteiger partial charge in [0.2, 0.25) is 0 Å². The summed E-state index contributed by atoms with van der Waals surface area (Å²) in [6, 6.07) is 7.19. The molecule has 5 heteroatoms. The molecule has 0 aliphatic carbocycles. The van der Waals surface area contributed by atoms with E-state index in [1.807, 2.05) is 23.0 Å². The minimum absolute atomic E-state index is 0.0643. The van der Waals surface area contributed by atoms with Crippen molar-refractivity contribution in [2.75, 3.05) is 6.54 Å². The maximum atomic E-state index is 13.9. The summed E-state index contributed by atoms with van der Waals surface area (Å²) in [7, 11) is 0. The van der Waals surface area contributed by atoms with Crippen molar-refractivity contribution in [1.82, 2.24) is 19.9 Å². The fourth-order valence-corrected chi connectivity index (χ4v) is 2.63. The third-order valence-corrected chi connectivity index (χ3v) is 3.99. The Balaban J connectivity index is 1.72. The summed E-state index contributed by atoms with van der Waals surface area (Å²) in [6.07, 6.45) is 2.98. The van der Waals surface area contributed by atoms with Gasteiger partial charge in [0.05, 0.1) is 17.4 Å². The highest BCUT2D eigenvalue weighted by Crippen LogP contribution is 2.35. The van der Waals surface area contributed by atoms with Crippen LogP contribution in [0.2, 0.25) is 0 Å². The first-order valence-electron chi connectivity index (χ1n) is 7.35. The van der Waals surface area contributed by atoms with Crippen LogP contribution >= 0.6 is 0 Å². The predicted molar refractivity (Wildman–Crippen MR) is 79.2 cm³/mol. The summed E-state index contributed by atoms with van der Waals surface area (Å²) < 4.78 is 15.7. The average Bonchev–Trinajstić information content (AvgIpc) is 2.86. The van der Waals surface area contributed by atoms with Gasteiger partial charge >= 0.3 is 0 Å². The van der Waals surface area contributed by atoms with Crippen LogP contribution in [0.3, 0.4) is 0 Å². The lowest BCUT2D eigenvalue weighted by Crippen LogP contribution is -2.40. The zero-order valence-corrected chi connectivity index (χ0v) is 12.8. The van der Waals surface area contributed by atoms with E-state index in [0.29, 0.717) is 0 Å². The zero-order chi connectivity index (χ0) is 15.0. The average molecular weight is 288 g/mol. The van der Waals surface area contributed by atoms with E-state index in [9.17, 15) is 4.39 Å². The number of benzene rings is 1. The Labute approximate surface area is 124 Å². The lowest BCUT2D eigenvalue weighted by atomic mass is 9.94. The molecule has 1 atom stereocenters. The highest BCUT2D eigenvalue weighted by molar-refractivity contribution is 5.23. The SMILES string of the molecule is CC(C)(C)n1cc(CN2CCC2c2ccccc2F)nn1. The van der Waals surface area contributed by atoms with Gasteiger partial charge in [-0.2, -0.15) is 0 Å². The largest absolute Gasteiger partial charge is 0.290 e. The molecule has 4 nitrogen and oxygen atoms in total. The Bertz CT molecular complexity index is 629. The highest BCUT2D eigenvalue weighted by Gasteiger charge is 2.31. The number of likely N-dealkylation sites (tertiary alicyclic amines) is 1. The zero-order valence-electron chi connectivity index (χ0n) is 12.8. The molecular weight excluding hydrogens is 267 g/mol. The van der Waals surface area contributed by atoms with Crippen molar-refractivity contribution in [3.63, 3.8) is 0 Å². The second-order valence-corrected chi connectivity index (χ2v) is 6.62. The van der Waals surface area contributed by atoms with E-state index in [2.05, 4.69) is 36.0 Å². The van der Waals surface area contributed by atoms with Gasteiger partial charge in [-0.05, 0) is 33.3 Å². The molecule has 1 aliphatic heterocycles. The van der Waals surface area contributed by atoms with Gasteiger partial charge in [0.1, 0.15) is 5.82 Å². The molecule has 1 unspecified atom stereocenters. The predicted octanol–water partition coefficient (Wildman–Crippen LogP) is 3.12. The Morgan fingerprint density at radius 1 is 1.29 bits per heavy atom. The lowest BCUT2D eigenvalue weighted by Gasteiger charge is -2.40. The minimum Gasteiger partial charge on any atom is -0.290 e. The van der Waals surface area contributed by atoms with Gasteiger partial charge in [-0.15, -0.1) is 5.10 Å². The van der Waals surface area contributed by atoms with E-state index in [-0.39, 0.29) is 17.4 Å². The van der Waals surface area contributed by atoms with Crippen LogP contribution in [0, 0.1) is 5.82 Å². The van der Waals surface area contributed by atoms with Gasteiger partial charge in [0, 0.05) is 24.7 Å². The van der Waals surface area contributed by atoms with Crippen LogP contribution in [-0.2, 0) is 12.1 Å². The molecular formula is C16H21FN4. The second kappa shape index (κ2) is 5.22. The first-order valence-corrected chi connectivity index (χ1v) is 7.35. The number of nitrogens with zero attached hydrogens (tertiary/aromatic N) is 4. The Kier molecular flexibility index (Phi) is 3.53. The number of hydrogen-bond acceptors (Lipinski definition) is 3. The van der Waals surface area contributed by atoms with Crippen molar-refractivity contribution >= 4 is 0 Å². The molecule has 1 aliphatic rings. The van der Waals surface area contributed by atoms with Crippen molar-refractivity contribution < 1.29 is 4.39 Å². The Morgan fingerprint density at radius 2 is 2.05 bits per heavy atom. The van der Waals surface area contributed by atoms with E-state index >= 15 is 0 Å². The van der Waals surface area contributed by atoms with Gasteiger partial charge in [0.25, 0.3) is 0 Å². The lowest BCUT2D eigenvalue weighted by molar-refractivity contribution is 0.0776. The molecule has 0 bridgehead atoms. The van der Waals surface area contributed by atoms with Crippen LogP contribution < -0.4 is 0 Å². The van der Waals surface area contributed by atoms with E-state index in [1.54, 1.807) is 6.07 Å². The van der Waals surface area contributed by atoms with Crippen molar-refractivity contribution in [3.8, 4) is 0 Å². The van der Waals surface area contributed by atoms with Crippen LogP contribution in [-0.4, -0.2) is 26.4 Å². The van der Waals surface area contributed by atoms with Crippen molar-refractivity contribution in [2.45, 2.75) is 45.3 Å². The van der Waals surface area contributed by atoms with Crippen LogP contribution in [0.4, 0.5) is 4.39 Å². The molecule has 21 heavy (non-hydrogen) atoms. The maximum Gasteiger partial charge on any atom is 0.127 e. The third-order valence-electron chi connectivity index (χ3n) is 3.99. The summed E-state index contributed by atoms with van der Waals surface area (Å²) in [5.41, 5.74) is 1.66. The van der Waals surface area contributed by atoms with Crippen molar-refractivity contribution in [3.05, 3.63) is 47.5 Å². The van der Waals surface area contributed by atoms with Crippen LogP contribution in [0.5, 0.6) is 0 Å². The molecule has 1 saturated heterocycles. The van der Waals surface area contributed by atoms with E-state index in [0.717, 1.165) is 30.8 Å². The van der Waals surface area contributed by atoms with E-state index in [4.69, 9.17) is 0 Å². The molecule has 0 saturated carbocycles. The Hall–Kier alpha value is -1.75. The van der Waals surface area contributed by atoms with Gasteiger partial charge in [-0.1, -0.05) is 23.4 Å². The van der Waals surface area contributed by atoms with E-state index < -0.39 is 0 Å². The van der Waals surface area contributed by atoms with Crippen molar-refractivity contribution in [2.24, 2.45) is 0 Å². The minimum atomic E-state index is -0.120. The molecule has 1 aromatic carbocycles. The maximum absolute atomic E-state index is 13.9. The summed E-state index contributed by atoms with van der Waals surface area (Å²) in [4.78, 5) is 2.25. The summed E-state index contributed by atoms with van der Waals surface area (Å²) in [5, 5.41) is 8.41. The molecule has 0 N–H and O–H groups in total. The standard InChI is InChI=1S/C16H21FN4/c1-16(2,3)21-11-12(18-19-21)10-20-9-8-15(20)13-6-4-5-7-14(13)17/h4-7,11,15H,8-10H2,1-3H3. The first-order chi connectivity index (χ1) is 9.95. The van der Waals surface area contributed by atoms with Crippen LogP contribution in [0.25, 0.3) is 0 Å².